The Bertz CT molecular complexity index is 1270. The van der Waals surface area contributed by atoms with Gasteiger partial charge >= 0.3 is 6.03 Å². The van der Waals surface area contributed by atoms with Crippen molar-refractivity contribution in [2.45, 2.75) is 118 Å². The maximum Gasteiger partial charge on any atom is 0.315 e. The molecule has 13 heteroatoms. The highest BCUT2D eigenvalue weighted by molar-refractivity contribution is 7.89. The van der Waals surface area contributed by atoms with Crippen molar-refractivity contribution in [1.82, 2.24) is 25.2 Å². The standard InChI is InChI=1S/C32H56N6O6S/c1-30(2,3)22(18-37-13-10-14-45(37,43)44)35-29(42)36-26(31(4,5)6)28(41)38-17-21-24(32(21,7)8)25(38)27(40)34-20(16-23(33)39)15-19-11-9-12-19/h19-22,24-26H,9-18H2,1-8H3,(H2,33,39)(H,34,40)(H2,35,36,42)/t20?,21-,22+,24-,25-,26+/m0/s1. The van der Waals surface area contributed by atoms with E-state index in [9.17, 15) is 27.6 Å². The number of sulfonamides is 1. The van der Waals surface area contributed by atoms with E-state index in [-0.39, 0.29) is 53.8 Å². The van der Waals surface area contributed by atoms with Gasteiger partial charge in [-0.2, -0.15) is 4.31 Å². The first-order valence-corrected chi connectivity index (χ1v) is 18.2. The Morgan fingerprint density at radius 2 is 1.60 bits per heavy atom. The molecule has 2 aliphatic heterocycles. The lowest BCUT2D eigenvalue weighted by Gasteiger charge is -2.39. The van der Waals surface area contributed by atoms with Crippen LogP contribution in [0.4, 0.5) is 4.79 Å². The fourth-order valence-electron chi connectivity index (χ4n) is 7.45. The summed E-state index contributed by atoms with van der Waals surface area (Å²) in [6.45, 7) is 16.6. The second-order valence-corrected chi connectivity index (χ2v) is 18.7. The second kappa shape index (κ2) is 12.7. The number of piperidine rings is 1. The lowest BCUT2D eigenvalue weighted by Crippen LogP contribution is -2.62. The van der Waals surface area contributed by atoms with Crippen molar-refractivity contribution in [3.63, 3.8) is 0 Å². The minimum absolute atomic E-state index is 0.0264. The summed E-state index contributed by atoms with van der Waals surface area (Å²) in [6.07, 6.45) is 4.59. The smallest absolute Gasteiger partial charge is 0.315 e. The maximum atomic E-state index is 14.3. The lowest BCUT2D eigenvalue weighted by molar-refractivity contribution is -0.144. The van der Waals surface area contributed by atoms with Crippen LogP contribution in [0.15, 0.2) is 0 Å². The predicted molar refractivity (Wildman–Crippen MR) is 172 cm³/mol. The van der Waals surface area contributed by atoms with Crippen LogP contribution in [0.3, 0.4) is 0 Å². The summed E-state index contributed by atoms with van der Waals surface area (Å²) in [7, 11) is -3.36. The molecule has 0 aromatic carbocycles. The number of amides is 5. The summed E-state index contributed by atoms with van der Waals surface area (Å²) in [5.41, 5.74) is 4.28. The van der Waals surface area contributed by atoms with Gasteiger partial charge in [0.15, 0.2) is 0 Å². The van der Waals surface area contributed by atoms with E-state index in [1.54, 1.807) is 4.90 Å². The van der Waals surface area contributed by atoms with Crippen molar-refractivity contribution in [2.24, 2.45) is 39.7 Å². The zero-order valence-electron chi connectivity index (χ0n) is 28.4. The zero-order valence-corrected chi connectivity index (χ0v) is 29.3. The molecule has 2 aliphatic carbocycles. The first-order valence-electron chi connectivity index (χ1n) is 16.6. The van der Waals surface area contributed by atoms with Crippen molar-refractivity contribution in [2.75, 3.05) is 25.4 Å². The van der Waals surface area contributed by atoms with E-state index in [0.29, 0.717) is 31.8 Å². The number of carbonyl (C=O) groups excluding carboxylic acids is 4. The molecule has 256 valence electrons. The van der Waals surface area contributed by atoms with E-state index < -0.39 is 50.9 Å². The average molecular weight is 653 g/mol. The first kappa shape index (κ1) is 35.4. The number of primary amides is 1. The number of nitrogens with two attached hydrogens (primary N) is 1. The Labute approximate surface area is 269 Å². The van der Waals surface area contributed by atoms with Crippen molar-refractivity contribution in [3.8, 4) is 0 Å². The number of rotatable bonds is 11. The minimum atomic E-state index is -3.36. The number of urea groups is 1. The number of hydrogen-bond donors (Lipinski definition) is 4. The van der Waals surface area contributed by atoms with Gasteiger partial charge in [0.25, 0.3) is 0 Å². The van der Waals surface area contributed by atoms with Crippen LogP contribution in [0.2, 0.25) is 0 Å². The molecule has 1 unspecified atom stereocenters. The summed E-state index contributed by atoms with van der Waals surface area (Å²) < 4.78 is 26.4. The number of hydrogen-bond acceptors (Lipinski definition) is 6. The molecule has 0 aromatic rings. The van der Waals surface area contributed by atoms with Crippen LogP contribution in [0.25, 0.3) is 0 Å². The van der Waals surface area contributed by atoms with Gasteiger partial charge in [-0.1, -0.05) is 74.7 Å². The van der Waals surface area contributed by atoms with Gasteiger partial charge in [-0.25, -0.2) is 13.2 Å². The van der Waals surface area contributed by atoms with E-state index in [0.717, 1.165) is 19.3 Å². The monoisotopic (exact) mass is 652 g/mol. The van der Waals surface area contributed by atoms with E-state index in [2.05, 4.69) is 29.8 Å². The van der Waals surface area contributed by atoms with Gasteiger partial charge in [0, 0.05) is 38.1 Å². The number of likely N-dealkylation sites (tertiary alicyclic amines) is 1. The Hall–Kier alpha value is -2.41. The van der Waals surface area contributed by atoms with Gasteiger partial charge in [0.1, 0.15) is 12.1 Å². The SMILES string of the molecule is CC(C)(C)[C@H](NC(=O)N[C@H](CN1CCCS1(=O)=O)C(C)(C)C)C(=O)N1C[C@H]2[C@@H]([C@H]1C(=O)NC(CC(N)=O)CC1CCC1)C2(C)C. The normalized spacial score (nSPS) is 27.9. The number of fused-ring (bicyclic) bond motifs is 1. The van der Waals surface area contributed by atoms with Crippen LogP contribution in [-0.2, 0) is 24.4 Å². The van der Waals surface area contributed by atoms with Gasteiger partial charge in [-0.3, -0.25) is 14.4 Å². The molecule has 45 heavy (non-hydrogen) atoms. The molecule has 5 amide bonds. The number of nitrogens with zero attached hydrogens (tertiary/aromatic N) is 2. The van der Waals surface area contributed by atoms with E-state index in [1.165, 1.54) is 4.31 Å². The zero-order chi connectivity index (χ0) is 33.7. The van der Waals surface area contributed by atoms with Gasteiger partial charge in [-0.15, -0.1) is 0 Å². The third-order valence-electron chi connectivity index (χ3n) is 10.7. The van der Waals surface area contributed by atoms with Crippen LogP contribution in [0, 0.1) is 34.0 Å². The molecule has 0 radical (unpaired) electrons. The van der Waals surface area contributed by atoms with Crippen LogP contribution in [0.5, 0.6) is 0 Å². The summed E-state index contributed by atoms with van der Waals surface area (Å²) in [6, 6.07) is -3.10. The molecule has 0 spiro atoms. The fraction of sp³-hybridized carbons (Fsp3) is 0.875. The predicted octanol–water partition coefficient (Wildman–Crippen LogP) is 2.18. The molecule has 5 N–H and O–H groups in total. The van der Waals surface area contributed by atoms with E-state index >= 15 is 0 Å². The summed E-state index contributed by atoms with van der Waals surface area (Å²) in [5, 5.41) is 8.94. The van der Waals surface area contributed by atoms with Crippen LogP contribution in [0.1, 0.15) is 93.9 Å². The maximum absolute atomic E-state index is 14.3. The largest absolute Gasteiger partial charge is 0.370 e. The molecule has 4 fully saturated rings. The average Bonchev–Trinajstić information content (AvgIpc) is 3.17. The quantitative estimate of drug-likeness (QED) is 0.267. The van der Waals surface area contributed by atoms with Crippen LogP contribution >= 0.6 is 0 Å². The minimum Gasteiger partial charge on any atom is -0.370 e. The molecule has 4 rings (SSSR count). The van der Waals surface area contributed by atoms with Crippen molar-refractivity contribution in [3.05, 3.63) is 0 Å². The molecule has 12 nitrogen and oxygen atoms in total. The first-order chi connectivity index (χ1) is 20.6. The molecule has 2 heterocycles. The third kappa shape index (κ3) is 7.94. The summed E-state index contributed by atoms with van der Waals surface area (Å²) in [5.74, 6) is -0.394. The Kier molecular flexibility index (Phi) is 9.97. The van der Waals surface area contributed by atoms with Crippen molar-refractivity contribution < 1.29 is 27.6 Å². The topological polar surface area (TPSA) is 171 Å². The highest BCUT2D eigenvalue weighted by Gasteiger charge is 2.69. The van der Waals surface area contributed by atoms with Gasteiger partial charge < -0.3 is 26.6 Å². The molecule has 0 bridgehead atoms. The Morgan fingerprint density at radius 3 is 2.09 bits per heavy atom. The Balaban J connectivity index is 1.50. The third-order valence-corrected chi connectivity index (χ3v) is 12.6. The molecular formula is C32H56N6O6S. The molecule has 0 aromatic heterocycles. The van der Waals surface area contributed by atoms with Gasteiger partial charge in [0.2, 0.25) is 27.7 Å². The van der Waals surface area contributed by atoms with Crippen molar-refractivity contribution >= 4 is 33.8 Å². The molecule has 4 aliphatic rings. The fourth-order valence-corrected chi connectivity index (χ4v) is 8.98. The summed E-state index contributed by atoms with van der Waals surface area (Å²) >= 11 is 0. The van der Waals surface area contributed by atoms with Gasteiger partial charge in [-0.05, 0) is 46.8 Å². The molecule has 2 saturated carbocycles. The molecule has 2 saturated heterocycles. The second-order valence-electron chi connectivity index (χ2n) is 16.7. The number of nitrogens with one attached hydrogen (secondary N) is 3. The van der Waals surface area contributed by atoms with E-state index in [1.807, 2.05) is 41.5 Å². The lowest BCUT2D eigenvalue weighted by atomic mass is 9.80. The van der Waals surface area contributed by atoms with Crippen LogP contribution in [-0.4, -0.2) is 90.9 Å². The van der Waals surface area contributed by atoms with Gasteiger partial charge in [0.05, 0.1) is 5.75 Å². The highest BCUT2D eigenvalue weighted by atomic mass is 32.2. The highest BCUT2D eigenvalue weighted by Crippen LogP contribution is 2.65. The van der Waals surface area contributed by atoms with Crippen molar-refractivity contribution in [1.29, 1.82) is 0 Å². The molecule has 6 atom stereocenters. The Morgan fingerprint density at radius 1 is 0.956 bits per heavy atom. The number of carbonyl (C=O) groups is 4. The molecular weight excluding hydrogens is 596 g/mol. The van der Waals surface area contributed by atoms with E-state index in [4.69, 9.17) is 5.73 Å². The summed E-state index contributed by atoms with van der Waals surface area (Å²) in [4.78, 5) is 55.2. The van der Waals surface area contributed by atoms with Crippen LogP contribution < -0.4 is 21.7 Å².